The van der Waals surface area contributed by atoms with E-state index in [1.807, 2.05) is 12.4 Å². The van der Waals surface area contributed by atoms with Crippen LogP contribution in [0.15, 0.2) is 48.8 Å². The lowest BCUT2D eigenvalue weighted by Crippen LogP contribution is -2.13. The number of rotatable bonds is 7. The molecule has 0 spiro atoms. The van der Waals surface area contributed by atoms with E-state index >= 15 is 0 Å². The Morgan fingerprint density at radius 2 is 1.91 bits per heavy atom. The van der Waals surface area contributed by atoms with E-state index in [9.17, 15) is 0 Å². The average Bonchev–Trinajstić information content (AvgIpc) is 3.47. The van der Waals surface area contributed by atoms with E-state index in [-0.39, 0.29) is 0 Å². The molecule has 2 aliphatic rings. The first-order valence-corrected chi connectivity index (χ1v) is 8.22. The van der Waals surface area contributed by atoms with Crippen LogP contribution in [0.4, 0.5) is 0 Å². The SMILES string of the molecule is c1ccc(OCC2CN2CC2CC2)c(Cc2ccncc2)c1. The largest absolute Gasteiger partial charge is 0.492 e. The number of nitrogens with zero attached hydrogens (tertiary/aromatic N) is 2. The predicted molar refractivity (Wildman–Crippen MR) is 87.1 cm³/mol. The number of pyridine rings is 1. The van der Waals surface area contributed by atoms with Crippen molar-refractivity contribution in [1.29, 1.82) is 0 Å². The first-order valence-electron chi connectivity index (χ1n) is 8.22. The number of hydrogen-bond donors (Lipinski definition) is 0. The summed E-state index contributed by atoms with van der Waals surface area (Å²) in [7, 11) is 0. The minimum atomic E-state index is 0.634. The summed E-state index contributed by atoms with van der Waals surface area (Å²) < 4.78 is 6.11. The van der Waals surface area contributed by atoms with Gasteiger partial charge >= 0.3 is 0 Å². The fraction of sp³-hybridized carbons (Fsp3) is 0.421. The quantitative estimate of drug-likeness (QED) is 0.734. The normalized spacial score (nSPS) is 23.3. The van der Waals surface area contributed by atoms with Crippen molar-refractivity contribution in [3.63, 3.8) is 0 Å². The van der Waals surface area contributed by atoms with Crippen molar-refractivity contribution in [3.8, 4) is 5.75 Å². The highest BCUT2D eigenvalue weighted by molar-refractivity contribution is 5.37. The van der Waals surface area contributed by atoms with Crippen molar-refractivity contribution in [2.75, 3.05) is 19.7 Å². The van der Waals surface area contributed by atoms with Crippen LogP contribution in [0.3, 0.4) is 0 Å². The zero-order valence-corrected chi connectivity index (χ0v) is 12.8. The molecule has 22 heavy (non-hydrogen) atoms. The van der Waals surface area contributed by atoms with E-state index < -0.39 is 0 Å². The van der Waals surface area contributed by atoms with Crippen LogP contribution in [0.5, 0.6) is 5.75 Å². The van der Waals surface area contributed by atoms with Crippen LogP contribution in [-0.4, -0.2) is 35.6 Å². The second kappa shape index (κ2) is 6.09. The summed E-state index contributed by atoms with van der Waals surface area (Å²) in [4.78, 5) is 6.62. The van der Waals surface area contributed by atoms with Crippen LogP contribution >= 0.6 is 0 Å². The number of ether oxygens (including phenoxy) is 1. The van der Waals surface area contributed by atoms with Crippen LogP contribution in [0, 0.1) is 5.92 Å². The van der Waals surface area contributed by atoms with Gasteiger partial charge in [0.2, 0.25) is 0 Å². The Morgan fingerprint density at radius 1 is 1.09 bits per heavy atom. The van der Waals surface area contributed by atoms with Gasteiger partial charge in [-0.15, -0.1) is 0 Å². The lowest BCUT2D eigenvalue weighted by molar-refractivity contribution is 0.290. The molecule has 2 fully saturated rings. The molecule has 3 nitrogen and oxygen atoms in total. The third-order valence-corrected chi connectivity index (χ3v) is 4.57. The second-order valence-corrected chi connectivity index (χ2v) is 6.50. The molecule has 0 radical (unpaired) electrons. The molecular weight excluding hydrogens is 272 g/mol. The molecule has 114 valence electrons. The Kier molecular flexibility index (Phi) is 3.81. The zero-order chi connectivity index (χ0) is 14.8. The van der Waals surface area contributed by atoms with Gasteiger partial charge < -0.3 is 4.74 Å². The fourth-order valence-corrected chi connectivity index (χ4v) is 2.93. The number of para-hydroxylation sites is 1. The van der Waals surface area contributed by atoms with Gasteiger partial charge in [-0.05, 0) is 48.1 Å². The summed E-state index contributed by atoms with van der Waals surface area (Å²) in [5, 5.41) is 0. The molecule has 2 atom stereocenters. The molecule has 1 aromatic carbocycles. The molecule has 4 rings (SSSR count). The highest BCUT2D eigenvalue weighted by Gasteiger charge is 2.38. The maximum Gasteiger partial charge on any atom is 0.122 e. The third kappa shape index (κ3) is 3.47. The first kappa shape index (κ1) is 13.8. The van der Waals surface area contributed by atoms with Gasteiger partial charge in [-0.3, -0.25) is 9.88 Å². The van der Waals surface area contributed by atoms with Crippen LogP contribution in [0.25, 0.3) is 0 Å². The van der Waals surface area contributed by atoms with Crippen molar-refractivity contribution in [2.24, 2.45) is 5.92 Å². The lowest BCUT2D eigenvalue weighted by Gasteiger charge is -2.11. The summed E-state index contributed by atoms with van der Waals surface area (Å²) in [5.41, 5.74) is 2.52. The maximum absolute atomic E-state index is 6.11. The van der Waals surface area contributed by atoms with Crippen molar-refractivity contribution < 1.29 is 4.74 Å². The maximum atomic E-state index is 6.11. The third-order valence-electron chi connectivity index (χ3n) is 4.57. The van der Waals surface area contributed by atoms with Crippen molar-refractivity contribution >= 4 is 0 Å². The topological polar surface area (TPSA) is 25.1 Å². The molecule has 1 aliphatic carbocycles. The van der Waals surface area contributed by atoms with Crippen LogP contribution in [0.1, 0.15) is 24.0 Å². The molecule has 2 aromatic rings. The van der Waals surface area contributed by atoms with E-state index in [1.165, 1.54) is 37.1 Å². The molecule has 2 unspecified atom stereocenters. The van der Waals surface area contributed by atoms with E-state index in [4.69, 9.17) is 4.74 Å². The molecule has 2 heterocycles. The zero-order valence-electron chi connectivity index (χ0n) is 12.8. The number of hydrogen-bond acceptors (Lipinski definition) is 3. The highest BCUT2D eigenvalue weighted by Crippen LogP contribution is 2.33. The van der Waals surface area contributed by atoms with Gasteiger partial charge in [-0.1, -0.05) is 18.2 Å². The Morgan fingerprint density at radius 3 is 2.73 bits per heavy atom. The monoisotopic (exact) mass is 294 g/mol. The Balaban J connectivity index is 1.35. The molecule has 3 heteroatoms. The molecule has 1 saturated heterocycles. The summed E-state index contributed by atoms with van der Waals surface area (Å²) in [5.74, 6) is 2.00. The van der Waals surface area contributed by atoms with Gasteiger partial charge in [-0.25, -0.2) is 0 Å². The minimum Gasteiger partial charge on any atom is -0.492 e. The van der Waals surface area contributed by atoms with E-state index in [1.54, 1.807) is 0 Å². The standard InChI is InChI=1S/C19H22N2O/c1-2-4-19(17(3-1)11-15-7-9-20-10-8-15)22-14-18-13-21(18)12-16-5-6-16/h1-4,7-10,16,18H,5-6,11-14H2. The van der Waals surface area contributed by atoms with E-state index in [0.29, 0.717) is 6.04 Å². The Bertz CT molecular complexity index is 624. The summed E-state index contributed by atoms with van der Waals surface area (Å²) >= 11 is 0. The van der Waals surface area contributed by atoms with E-state index in [0.717, 1.165) is 24.7 Å². The average molecular weight is 294 g/mol. The predicted octanol–water partition coefficient (Wildman–Crippen LogP) is 3.15. The molecular formula is C19H22N2O. The van der Waals surface area contributed by atoms with Crippen LogP contribution in [-0.2, 0) is 6.42 Å². The van der Waals surface area contributed by atoms with Crippen LogP contribution < -0.4 is 4.74 Å². The second-order valence-electron chi connectivity index (χ2n) is 6.50. The summed E-state index contributed by atoms with van der Waals surface area (Å²) in [6.07, 6.45) is 7.45. The van der Waals surface area contributed by atoms with Gasteiger partial charge in [0, 0.05) is 31.9 Å². The van der Waals surface area contributed by atoms with Gasteiger partial charge in [-0.2, -0.15) is 0 Å². The minimum absolute atomic E-state index is 0.634. The summed E-state index contributed by atoms with van der Waals surface area (Å²) in [6, 6.07) is 13.1. The molecule has 1 aliphatic heterocycles. The Hall–Kier alpha value is -1.87. The lowest BCUT2D eigenvalue weighted by atomic mass is 10.1. The summed E-state index contributed by atoms with van der Waals surface area (Å²) in [6.45, 7) is 3.32. The van der Waals surface area contributed by atoms with E-state index in [2.05, 4.69) is 46.3 Å². The molecule has 1 aromatic heterocycles. The van der Waals surface area contributed by atoms with Crippen molar-refractivity contribution in [3.05, 3.63) is 59.9 Å². The van der Waals surface area contributed by atoms with Crippen molar-refractivity contribution in [2.45, 2.75) is 25.3 Å². The van der Waals surface area contributed by atoms with Gasteiger partial charge in [0.25, 0.3) is 0 Å². The molecule has 0 amide bonds. The fourth-order valence-electron chi connectivity index (χ4n) is 2.93. The number of benzene rings is 1. The smallest absolute Gasteiger partial charge is 0.122 e. The van der Waals surface area contributed by atoms with Crippen molar-refractivity contribution in [1.82, 2.24) is 9.88 Å². The Labute approximate surface area is 131 Å². The van der Waals surface area contributed by atoms with Gasteiger partial charge in [0.1, 0.15) is 12.4 Å². The molecule has 0 bridgehead atoms. The van der Waals surface area contributed by atoms with Gasteiger partial charge in [0.05, 0.1) is 6.04 Å². The van der Waals surface area contributed by atoms with Gasteiger partial charge in [0.15, 0.2) is 0 Å². The number of aromatic nitrogens is 1. The van der Waals surface area contributed by atoms with Crippen LogP contribution in [0.2, 0.25) is 0 Å². The highest BCUT2D eigenvalue weighted by atomic mass is 16.5. The first-order chi connectivity index (χ1) is 10.9. The molecule has 1 saturated carbocycles. The molecule has 0 N–H and O–H groups in total.